The molecule has 0 saturated carbocycles. The number of hydrogen-bond acceptors (Lipinski definition) is 5. The predicted octanol–water partition coefficient (Wildman–Crippen LogP) is 5.03. The van der Waals surface area contributed by atoms with Crippen molar-refractivity contribution < 1.29 is 26.7 Å². The molecule has 2 aromatic carbocycles. The maximum Gasteiger partial charge on any atom is 0.416 e. The molecular formula is C21H17F5N6O. The lowest BCUT2D eigenvalue weighted by Gasteiger charge is -2.11. The summed E-state index contributed by atoms with van der Waals surface area (Å²) in [5, 5.41) is 6.60. The number of nitrogens with one attached hydrogen (secondary N) is 1. The largest absolute Gasteiger partial charge is 0.495 e. The number of anilines is 2. The van der Waals surface area contributed by atoms with Gasteiger partial charge in [-0.05, 0) is 37.3 Å². The van der Waals surface area contributed by atoms with Crippen LogP contribution in [0.2, 0.25) is 0 Å². The number of methoxy groups -OCH3 is 1. The van der Waals surface area contributed by atoms with Crippen LogP contribution in [0.15, 0.2) is 42.9 Å². The van der Waals surface area contributed by atoms with Gasteiger partial charge in [-0.15, -0.1) is 5.10 Å². The van der Waals surface area contributed by atoms with Crippen molar-refractivity contribution in [2.75, 3.05) is 12.4 Å². The minimum Gasteiger partial charge on any atom is -0.495 e. The molecule has 7 nitrogen and oxygen atoms in total. The van der Waals surface area contributed by atoms with E-state index in [1.807, 2.05) is 13.1 Å². The molecule has 0 aliphatic heterocycles. The first-order valence-corrected chi connectivity index (χ1v) is 9.50. The van der Waals surface area contributed by atoms with E-state index in [1.165, 1.54) is 18.8 Å². The number of imidazole rings is 1. The molecule has 0 fully saturated rings. The van der Waals surface area contributed by atoms with Crippen LogP contribution in [0.1, 0.15) is 11.3 Å². The minimum atomic E-state index is -4.85. The Balaban J connectivity index is 1.68. The van der Waals surface area contributed by atoms with Gasteiger partial charge in [0.2, 0.25) is 5.95 Å². The van der Waals surface area contributed by atoms with Crippen LogP contribution in [0.25, 0.3) is 17.1 Å². The topological polar surface area (TPSA) is 69.8 Å². The van der Waals surface area contributed by atoms with E-state index in [2.05, 4.69) is 20.4 Å². The number of aromatic nitrogens is 5. The normalized spacial score (nSPS) is 11.6. The van der Waals surface area contributed by atoms with Gasteiger partial charge < -0.3 is 14.6 Å². The van der Waals surface area contributed by atoms with E-state index in [0.717, 1.165) is 11.4 Å². The first-order valence-electron chi connectivity index (χ1n) is 9.50. The highest BCUT2D eigenvalue weighted by Gasteiger charge is 2.33. The van der Waals surface area contributed by atoms with Gasteiger partial charge in [-0.25, -0.2) is 18.4 Å². The van der Waals surface area contributed by atoms with Gasteiger partial charge in [0, 0.05) is 18.8 Å². The summed E-state index contributed by atoms with van der Waals surface area (Å²) in [7, 11) is 2.96. The Morgan fingerprint density at radius 3 is 2.48 bits per heavy atom. The van der Waals surface area contributed by atoms with Crippen molar-refractivity contribution in [3.05, 3.63) is 65.7 Å². The number of aryl methyl sites for hydroxylation is 2. The Kier molecular flexibility index (Phi) is 5.52. The number of halogens is 5. The van der Waals surface area contributed by atoms with Gasteiger partial charge in [0.25, 0.3) is 0 Å². The van der Waals surface area contributed by atoms with Crippen molar-refractivity contribution in [1.29, 1.82) is 0 Å². The highest BCUT2D eigenvalue weighted by molar-refractivity contribution is 5.65. The molecule has 0 radical (unpaired) electrons. The average Bonchev–Trinajstić information content (AvgIpc) is 3.35. The van der Waals surface area contributed by atoms with Crippen LogP contribution in [-0.2, 0) is 13.2 Å². The van der Waals surface area contributed by atoms with Crippen LogP contribution in [0.4, 0.5) is 33.6 Å². The molecule has 0 aliphatic rings. The molecule has 0 unspecified atom stereocenters. The van der Waals surface area contributed by atoms with Gasteiger partial charge in [-0.2, -0.15) is 18.2 Å². The van der Waals surface area contributed by atoms with Crippen molar-refractivity contribution in [2.24, 2.45) is 7.05 Å². The maximum absolute atomic E-state index is 14.1. The molecule has 2 heterocycles. The van der Waals surface area contributed by atoms with Crippen molar-refractivity contribution in [3.8, 4) is 22.8 Å². The Hall–Kier alpha value is -3.96. The zero-order valence-corrected chi connectivity index (χ0v) is 17.6. The van der Waals surface area contributed by atoms with Crippen LogP contribution in [-0.4, -0.2) is 31.4 Å². The maximum atomic E-state index is 14.1. The third-order valence-electron chi connectivity index (χ3n) is 4.79. The molecule has 4 rings (SSSR count). The molecule has 0 saturated heterocycles. The van der Waals surface area contributed by atoms with Crippen LogP contribution in [0.3, 0.4) is 0 Å². The Bertz CT molecular complexity index is 1330. The molecule has 0 aliphatic carbocycles. The van der Waals surface area contributed by atoms with E-state index in [-0.39, 0.29) is 17.8 Å². The van der Waals surface area contributed by atoms with Crippen LogP contribution < -0.4 is 10.1 Å². The molecule has 12 heteroatoms. The Morgan fingerprint density at radius 2 is 1.85 bits per heavy atom. The second-order valence-corrected chi connectivity index (χ2v) is 7.13. The number of alkyl halides is 3. The van der Waals surface area contributed by atoms with E-state index in [9.17, 15) is 22.0 Å². The number of benzene rings is 2. The van der Waals surface area contributed by atoms with Gasteiger partial charge in [0.1, 0.15) is 5.75 Å². The lowest BCUT2D eigenvalue weighted by Crippen LogP contribution is -2.09. The molecular weight excluding hydrogens is 447 g/mol. The summed E-state index contributed by atoms with van der Waals surface area (Å²) in [5.74, 6) is -2.49. The third-order valence-corrected chi connectivity index (χ3v) is 4.79. The van der Waals surface area contributed by atoms with Gasteiger partial charge >= 0.3 is 6.18 Å². The number of rotatable bonds is 5. The lowest BCUT2D eigenvalue weighted by molar-refractivity contribution is -0.137. The average molecular weight is 464 g/mol. The van der Waals surface area contributed by atoms with Crippen LogP contribution in [0, 0.1) is 18.6 Å². The van der Waals surface area contributed by atoms with Crippen molar-refractivity contribution in [3.63, 3.8) is 0 Å². The summed E-state index contributed by atoms with van der Waals surface area (Å²) in [4.78, 5) is 8.40. The fraction of sp³-hybridized carbons (Fsp3) is 0.190. The summed E-state index contributed by atoms with van der Waals surface area (Å²) < 4.78 is 75.2. The monoisotopic (exact) mass is 464 g/mol. The first kappa shape index (κ1) is 22.2. The fourth-order valence-corrected chi connectivity index (χ4v) is 3.16. The number of nitrogens with zero attached hydrogens (tertiary/aromatic N) is 5. The van der Waals surface area contributed by atoms with E-state index in [4.69, 9.17) is 4.74 Å². The van der Waals surface area contributed by atoms with E-state index in [1.54, 1.807) is 29.1 Å². The molecule has 0 spiro atoms. The van der Waals surface area contributed by atoms with E-state index in [0.29, 0.717) is 17.4 Å². The fourth-order valence-electron chi connectivity index (χ4n) is 3.16. The van der Waals surface area contributed by atoms with Crippen molar-refractivity contribution >= 4 is 11.6 Å². The lowest BCUT2D eigenvalue weighted by atomic mass is 10.1. The molecule has 33 heavy (non-hydrogen) atoms. The first-order chi connectivity index (χ1) is 15.6. The van der Waals surface area contributed by atoms with E-state index < -0.39 is 29.1 Å². The van der Waals surface area contributed by atoms with Gasteiger partial charge in [-0.1, -0.05) is 0 Å². The van der Waals surface area contributed by atoms with Crippen molar-refractivity contribution in [2.45, 2.75) is 13.1 Å². The molecule has 1 N–H and O–H groups in total. The molecule has 2 aromatic heterocycles. The summed E-state index contributed by atoms with van der Waals surface area (Å²) in [5.41, 5.74) is 0.0278. The van der Waals surface area contributed by atoms with Crippen LogP contribution in [0.5, 0.6) is 5.75 Å². The predicted molar refractivity (Wildman–Crippen MR) is 109 cm³/mol. The van der Waals surface area contributed by atoms with E-state index >= 15 is 0 Å². The summed E-state index contributed by atoms with van der Waals surface area (Å²) >= 11 is 0. The second-order valence-electron chi connectivity index (χ2n) is 7.13. The SMILES string of the molecule is COc1cc(-c2nc(Nc3cc(C(F)(F)F)cc(F)c3F)n(C)n2)ccc1-n1cnc(C)c1. The van der Waals surface area contributed by atoms with Gasteiger partial charge in [0.15, 0.2) is 17.5 Å². The molecule has 172 valence electrons. The standard InChI is InChI=1S/C21H17F5N6O/c1-11-9-32(10-27-11)16-5-4-12(6-17(16)33-3)19-29-20(31(2)30-19)28-15-8-13(21(24,25)26)7-14(22)18(15)23/h4-10H,1-3H3,(H,28,29,30). The molecule has 0 bridgehead atoms. The van der Waals surface area contributed by atoms with Gasteiger partial charge in [-0.3, -0.25) is 0 Å². The Labute approximate surface area is 184 Å². The number of hydrogen-bond donors (Lipinski definition) is 1. The zero-order chi connectivity index (χ0) is 23.9. The molecule has 4 aromatic rings. The Morgan fingerprint density at radius 1 is 1.09 bits per heavy atom. The third kappa shape index (κ3) is 4.36. The number of ether oxygens (including phenoxy) is 1. The smallest absolute Gasteiger partial charge is 0.416 e. The summed E-state index contributed by atoms with van der Waals surface area (Å²) in [6, 6.07) is 5.72. The highest BCUT2D eigenvalue weighted by Crippen LogP contribution is 2.34. The molecule has 0 amide bonds. The second kappa shape index (κ2) is 8.19. The van der Waals surface area contributed by atoms with Gasteiger partial charge in [0.05, 0.1) is 36.1 Å². The van der Waals surface area contributed by atoms with Crippen LogP contribution >= 0.6 is 0 Å². The minimum absolute atomic E-state index is 0.0871. The molecule has 0 atom stereocenters. The summed E-state index contributed by atoms with van der Waals surface area (Å²) in [6.07, 6.45) is -1.39. The quantitative estimate of drug-likeness (QED) is 0.420. The summed E-state index contributed by atoms with van der Waals surface area (Å²) in [6.45, 7) is 1.85. The van der Waals surface area contributed by atoms with Crippen molar-refractivity contribution in [1.82, 2.24) is 24.3 Å². The zero-order valence-electron chi connectivity index (χ0n) is 17.6. The highest BCUT2D eigenvalue weighted by atomic mass is 19.4.